The molecule has 0 fully saturated rings. The lowest BCUT2D eigenvalue weighted by molar-refractivity contribution is -0.123. The number of hydrogen-bond donors (Lipinski definition) is 1. The molecule has 0 aliphatic rings. The fourth-order valence-corrected chi connectivity index (χ4v) is 1.12. The number of rotatable bonds is 3. The van der Waals surface area contributed by atoms with Crippen molar-refractivity contribution < 1.29 is 4.79 Å². The molecule has 0 atom stereocenters. The van der Waals surface area contributed by atoms with Gasteiger partial charge in [0, 0.05) is 31.6 Å². The van der Waals surface area contributed by atoms with Crippen LogP contribution in [0.25, 0.3) is 0 Å². The topological polar surface area (TPSA) is 32.3 Å². The quantitative estimate of drug-likeness (QED) is 0.755. The van der Waals surface area contributed by atoms with Crippen molar-refractivity contribution in [1.82, 2.24) is 10.2 Å². The van der Waals surface area contributed by atoms with Crippen LogP contribution in [0.15, 0.2) is 30.3 Å². The minimum absolute atomic E-state index is 0.154. The molecule has 1 N–H and O–H groups in total. The summed E-state index contributed by atoms with van der Waals surface area (Å²) in [6.07, 6.45) is 0. The number of carbonyl (C=O) groups is 1. The second-order valence-corrected chi connectivity index (χ2v) is 3.45. The molecular weight excluding hydrogens is 200 g/mol. The van der Waals surface area contributed by atoms with Gasteiger partial charge in [-0.25, -0.2) is 0 Å². The molecule has 1 aromatic carbocycles. The van der Waals surface area contributed by atoms with Gasteiger partial charge in [0.25, 0.3) is 5.91 Å². The molecule has 0 saturated heterocycles. The van der Waals surface area contributed by atoms with Gasteiger partial charge in [-0.1, -0.05) is 24.1 Å². The van der Waals surface area contributed by atoms with E-state index in [1.165, 1.54) is 0 Å². The minimum atomic E-state index is -0.154. The third kappa shape index (κ3) is 4.16. The maximum Gasteiger partial charge on any atom is 0.298 e. The maximum atomic E-state index is 11.5. The van der Waals surface area contributed by atoms with Crippen molar-refractivity contribution in [3.05, 3.63) is 35.9 Å². The van der Waals surface area contributed by atoms with E-state index >= 15 is 0 Å². The van der Waals surface area contributed by atoms with Gasteiger partial charge in [0.05, 0.1) is 0 Å². The molecule has 3 nitrogen and oxygen atoms in total. The van der Waals surface area contributed by atoms with Crippen LogP contribution in [-0.4, -0.2) is 38.0 Å². The second-order valence-electron chi connectivity index (χ2n) is 3.45. The Labute approximate surface area is 96.5 Å². The number of benzene rings is 1. The van der Waals surface area contributed by atoms with E-state index in [1.807, 2.05) is 37.4 Å². The van der Waals surface area contributed by atoms with Gasteiger partial charge >= 0.3 is 0 Å². The summed E-state index contributed by atoms with van der Waals surface area (Å²) in [4.78, 5) is 13.2. The molecule has 1 rings (SSSR count). The Bertz CT molecular complexity index is 389. The lowest BCUT2D eigenvalue weighted by Crippen LogP contribution is -2.31. The number of hydrogen-bond acceptors (Lipinski definition) is 2. The molecule has 0 aliphatic carbocycles. The van der Waals surface area contributed by atoms with Gasteiger partial charge in [-0.05, 0) is 19.2 Å². The molecule has 84 valence electrons. The Morgan fingerprint density at radius 3 is 2.69 bits per heavy atom. The van der Waals surface area contributed by atoms with E-state index < -0.39 is 0 Å². The number of carbonyl (C=O) groups excluding carboxylic acids is 1. The van der Waals surface area contributed by atoms with Gasteiger partial charge in [-0.3, -0.25) is 4.79 Å². The number of nitrogens with zero attached hydrogens (tertiary/aromatic N) is 1. The summed E-state index contributed by atoms with van der Waals surface area (Å²) in [6.45, 7) is 1.44. The zero-order valence-corrected chi connectivity index (χ0v) is 9.66. The molecule has 0 bridgehead atoms. The Hall–Kier alpha value is -1.79. The van der Waals surface area contributed by atoms with Crippen molar-refractivity contribution in [3.8, 4) is 11.8 Å². The molecule has 0 saturated carbocycles. The van der Waals surface area contributed by atoms with Crippen molar-refractivity contribution in [2.45, 2.75) is 0 Å². The molecule has 3 heteroatoms. The van der Waals surface area contributed by atoms with Gasteiger partial charge in [0.1, 0.15) is 0 Å². The van der Waals surface area contributed by atoms with E-state index in [1.54, 1.807) is 11.9 Å². The average Bonchev–Trinajstić information content (AvgIpc) is 2.34. The smallest absolute Gasteiger partial charge is 0.298 e. The highest BCUT2D eigenvalue weighted by Crippen LogP contribution is 1.94. The fraction of sp³-hybridized carbons (Fsp3) is 0.308. The molecule has 0 aliphatic heterocycles. The Morgan fingerprint density at radius 1 is 1.38 bits per heavy atom. The van der Waals surface area contributed by atoms with Crippen molar-refractivity contribution >= 4 is 5.91 Å². The molecule has 1 aromatic rings. The maximum absolute atomic E-state index is 11.5. The van der Waals surface area contributed by atoms with Crippen molar-refractivity contribution in [2.75, 3.05) is 27.2 Å². The summed E-state index contributed by atoms with van der Waals surface area (Å²) >= 11 is 0. The average molecular weight is 216 g/mol. The zero-order valence-electron chi connectivity index (χ0n) is 9.66. The van der Waals surface area contributed by atoms with Gasteiger partial charge in [-0.2, -0.15) is 0 Å². The number of amides is 1. The van der Waals surface area contributed by atoms with E-state index in [2.05, 4.69) is 17.2 Å². The first-order valence-electron chi connectivity index (χ1n) is 5.21. The van der Waals surface area contributed by atoms with Crippen LogP contribution in [0.2, 0.25) is 0 Å². The third-order valence-corrected chi connectivity index (χ3v) is 2.13. The summed E-state index contributed by atoms with van der Waals surface area (Å²) in [5.74, 6) is 5.30. The third-order valence-electron chi connectivity index (χ3n) is 2.13. The van der Waals surface area contributed by atoms with Crippen molar-refractivity contribution in [3.63, 3.8) is 0 Å². The zero-order chi connectivity index (χ0) is 11.8. The highest BCUT2D eigenvalue weighted by atomic mass is 16.2. The molecular formula is C13H16N2O. The van der Waals surface area contributed by atoms with Gasteiger partial charge in [0.2, 0.25) is 0 Å². The highest BCUT2D eigenvalue weighted by Gasteiger charge is 2.02. The molecule has 0 radical (unpaired) electrons. The van der Waals surface area contributed by atoms with Crippen molar-refractivity contribution in [1.29, 1.82) is 0 Å². The van der Waals surface area contributed by atoms with Crippen LogP contribution in [0.4, 0.5) is 0 Å². The predicted octanol–water partition coefficient (Wildman–Crippen LogP) is 0.716. The lowest BCUT2D eigenvalue weighted by atomic mass is 10.2. The monoisotopic (exact) mass is 216 g/mol. The van der Waals surface area contributed by atoms with Crippen LogP contribution in [0.1, 0.15) is 5.56 Å². The van der Waals surface area contributed by atoms with Crippen LogP contribution >= 0.6 is 0 Å². The molecule has 0 unspecified atom stereocenters. The first-order chi connectivity index (χ1) is 7.74. The van der Waals surface area contributed by atoms with Crippen LogP contribution < -0.4 is 5.32 Å². The van der Waals surface area contributed by atoms with Gasteiger partial charge in [0.15, 0.2) is 0 Å². The van der Waals surface area contributed by atoms with Crippen LogP contribution in [0.3, 0.4) is 0 Å². The van der Waals surface area contributed by atoms with E-state index in [0.717, 1.165) is 12.1 Å². The van der Waals surface area contributed by atoms with Crippen LogP contribution in [0.5, 0.6) is 0 Å². The molecule has 0 aromatic heterocycles. The number of likely N-dealkylation sites (N-methyl/N-ethyl adjacent to an activating group) is 2. The SMILES string of the molecule is CNCCN(C)C(=O)C#Cc1ccccc1. The lowest BCUT2D eigenvalue weighted by Gasteiger charge is -2.12. The minimum Gasteiger partial charge on any atom is -0.334 e. The highest BCUT2D eigenvalue weighted by molar-refractivity contribution is 5.93. The van der Waals surface area contributed by atoms with E-state index in [0.29, 0.717) is 6.54 Å². The first-order valence-corrected chi connectivity index (χ1v) is 5.21. The Morgan fingerprint density at radius 2 is 2.06 bits per heavy atom. The van der Waals surface area contributed by atoms with E-state index in [4.69, 9.17) is 0 Å². The predicted molar refractivity (Wildman–Crippen MR) is 64.9 cm³/mol. The van der Waals surface area contributed by atoms with E-state index in [-0.39, 0.29) is 5.91 Å². The number of nitrogens with one attached hydrogen (secondary N) is 1. The largest absolute Gasteiger partial charge is 0.334 e. The summed E-state index contributed by atoms with van der Waals surface area (Å²) in [5.41, 5.74) is 0.859. The molecule has 1 amide bonds. The molecule has 0 spiro atoms. The molecule has 0 heterocycles. The van der Waals surface area contributed by atoms with Crippen LogP contribution in [0, 0.1) is 11.8 Å². The normalized spacial score (nSPS) is 9.12. The standard InChI is InChI=1S/C13H16N2O/c1-14-10-11-15(2)13(16)9-8-12-6-4-3-5-7-12/h3-7,14H,10-11H2,1-2H3. The van der Waals surface area contributed by atoms with E-state index in [9.17, 15) is 4.79 Å². The summed E-state index contributed by atoms with van der Waals surface area (Å²) < 4.78 is 0. The van der Waals surface area contributed by atoms with Gasteiger partial charge < -0.3 is 10.2 Å². The molecule has 16 heavy (non-hydrogen) atoms. The summed E-state index contributed by atoms with van der Waals surface area (Å²) in [5, 5.41) is 2.99. The summed E-state index contributed by atoms with van der Waals surface area (Å²) in [7, 11) is 3.60. The Kier molecular flexibility index (Phi) is 5.10. The Balaban J connectivity index is 2.54. The van der Waals surface area contributed by atoms with Crippen molar-refractivity contribution in [2.24, 2.45) is 0 Å². The second kappa shape index (κ2) is 6.65. The summed E-state index contributed by atoms with van der Waals surface area (Å²) in [6, 6.07) is 9.49. The van der Waals surface area contributed by atoms with Crippen LogP contribution in [-0.2, 0) is 4.79 Å². The fourth-order valence-electron chi connectivity index (χ4n) is 1.12. The first kappa shape index (κ1) is 12.3. The van der Waals surface area contributed by atoms with Gasteiger partial charge in [-0.15, -0.1) is 0 Å².